The van der Waals surface area contributed by atoms with E-state index in [-0.39, 0.29) is 11.4 Å². The summed E-state index contributed by atoms with van der Waals surface area (Å²) in [7, 11) is 0. The SMILES string of the molecule is Cc1cn(-c2ccc([N+](=O)[O-])cc2)nc1C(F)F. The molecule has 1 aromatic heterocycles. The number of nitro groups is 1. The number of rotatable bonds is 3. The molecule has 2 aromatic rings. The van der Waals surface area contributed by atoms with Crippen molar-refractivity contribution in [1.29, 1.82) is 0 Å². The zero-order valence-electron chi connectivity index (χ0n) is 9.38. The molecule has 0 unspecified atom stereocenters. The number of non-ortho nitro benzene ring substituents is 1. The maximum absolute atomic E-state index is 12.6. The Labute approximate surface area is 101 Å². The van der Waals surface area contributed by atoms with Crippen LogP contribution in [0.2, 0.25) is 0 Å². The number of halogens is 2. The summed E-state index contributed by atoms with van der Waals surface area (Å²) in [6, 6.07) is 5.52. The first-order valence-electron chi connectivity index (χ1n) is 5.08. The topological polar surface area (TPSA) is 61.0 Å². The van der Waals surface area contributed by atoms with Gasteiger partial charge in [0.15, 0.2) is 0 Å². The van der Waals surface area contributed by atoms with E-state index in [0.29, 0.717) is 11.3 Å². The van der Waals surface area contributed by atoms with E-state index in [0.717, 1.165) is 0 Å². The molecule has 1 heterocycles. The van der Waals surface area contributed by atoms with Crippen molar-refractivity contribution in [3.05, 3.63) is 51.8 Å². The van der Waals surface area contributed by atoms with Crippen LogP contribution in [0.3, 0.4) is 0 Å². The van der Waals surface area contributed by atoms with Gasteiger partial charge < -0.3 is 0 Å². The van der Waals surface area contributed by atoms with Gasteiger partial charge >= 0.3 is 0 Å². The summed E-state index contributed by atoms with van der Waals surface area (Å²) in [5, 5.41) is 14.2. The van der Waals surface area contributed by atoms with E-state index >= 15 is 0 Å². The molecule has 0 aliphatic heterocycles. The number of hydrogen-bond acceptors (Lipinski definition) is 3. The zero-order valence-corrected chi connectivity index (χ0v) is 9.38. The van der Waals surface area contributed by atoms with Crippen molar-refractivity contribution in [2.45, 2.75) is 13.3 Å². The number of hydrogen-bond donors (Lipinski definition) is 0. The minimum absolute atomic E-state index is 0.0586. The lowest BCUT2D eigenvalue weighted by molar-refractivity contribution is -0.384. The number of nitrogens with zero attached hydrogens (tertiary/aromatic N) is 3. The average Bonchev–Trinajstić information content (AvgIpc) is 2.71. The molecule has 0 saturated carbocycles. The predicted molar refractivity (Wildman–Crippen MR) is 59.9 cm³/mol. The van der Waals surface area contributed by atoms with Gasteiger partial charge in [-0.25, -0.2) is 13.5 Å². The van der Waals surface area contributed by atoms with Crippen molar-refractivity contribution in [3.8, 4) is 5.69 Å². The van der Waals surface area contributed by atoms with Gasteiger partial charge in [0.05, 0.1) is 10.6 Å². The van der Waals surface area contributed by atoms with Crippen LogP contribution in [-0.4, -0.2) is 14.7 Å². The maximum Gasteiger partial charge on any atom is 0.282 e. The van der Waals surface area contributed by atoms with Gasteiger partial charge in [0, 0.05) is 18.3 Å². The number of alkyl halides is 2. The summed E-state index contributed by atoms with van der Waals surface area (Å²) in [6.07, 6.45) is -1.17. The molecule has 94 valence electrons. The van der Waals surface area contributed by atoms with Gasteiger partial charge in [-0.2, -0.15) is 5.10 Å². The second kappa shape index (κ2) is 4.52. The van der Waals surface area contributed by atoms with Crippen molar-refractivity contribution >= 4 is 5.69 Å². The molecule has 0 aliphatic rings. The normalized spacial score (nSPS) is 10.9. The Morgan fingerprint density at radius 2 is 1.94 bits per heavy atom. The molecule has 7 heteroatoms. The molecule has 0 spiro atoms. The van der Waals surface area contributed by atoms with Crippen LogP contribution in [0.25, 0.3) is 5.69 Å². The largest absolute Gasteiger partial charge is 0.282 e. The average molecular weight is 253 g/mol. The van der Waals surface area contributed by atoms with Crippen molar-refractivity contribution in [2.24, 2.45) is 0 Å². The molecule has 0 saturated heterocycles. The fraction of sp³-hybridized carbons (Fsp3) is 0.182. The Kier molecular flexibility index (Phi) is 3.05. The molecular formula is C11H9F2N3O2. The highest BCUT2D eigenvalue weighted by atomic mass is 19.3. The molecule has 0 amide bonds. The summed E-state index contributed by atoms with van der Waals surface area (Å²) >= 11 is 0. The third-order valence-corrected chi connectivity index (χ3v) is 2.47. The van der Waals surface area contributed by atoms with Crippen LogP contribution in [0.1, 0.15) is 17.7 Å². The van der Waals surface area contributed by atoms with E-state index in [4.69, 9.17) is 0 Å². The van der Waals surface area contributed by atoms with Gasteiger partial charge in [-0.1, -0.05) is 0 Å². The van der Waals surface area contributed by atoms with E-state index < -0.39 is 11.3 Å². The lowest BCUT2D eigenvalue weighted by Crippen LogP contribution is -1.97. The third kappa shape index (κ3) is 2.20. The molecule has 0 atom stereocenters. The smallest absolute Gasteiger partial charge is 0.258 e. The Morgan fingerprint density at radius 1 is 1.33 bits per heavy atom. The van der Waals surface area contributed by atoms with Gasteiger partial charge in [0.25, 0.3) is 12.1 Å². The van der Waals surface area contributed by atoms with Gasteiger partial charge in [-0.15, -0.1) is 0 Å². The van der Waals surface area contributed by atoms with Gasteiger partial charge in [0.2, 0.25) is 0 Å². The van der Waals surface area contributed by atoms with E-state index in [1.54, 1.807) is 0 Å². The number of benzene rings is 1. The quantitative estimate of drug-likeness (QED) is 0.624. The van der Waals surface area contributed by atoms with Crippen LogP contribution >= 0.6 is 0 Å². The minimum atomic E-state index is -2.63. The molecule has 5 nitrogen and oxygen atoms in total. The van der Waals surface area contributed by atoms with Crippen LogP contribution in [-0.2, 0) is 0 Å². The summed E-state index contributed by atoms with van der Waals surface area (Å²) < 4.78 is 26.4. The fourth-order valence-electron chi connectivity index (χ4n) is 1.55. The van der Waals surface area contributed by atoms with E-state index in [1.165, 1.54) is 42.1 Å². The van der Waals surface area contributed by atoms with E-state index in [1.807, 2.05) is 0 Å². The minimum Gasteiger partial charge on any atom is -0.258 e. The van der Waals surface area contributed by atoms with Crippen LogP contribution in [0.5, 0.6) is 0 Å². The fourth-order valence-corrected chi connectivity index (χ4v) is 1.55. The zero-order chi connectivity index (χ0) is 13.3. The molecule has 0 fully saturated rings. The van der Waals surface area contributed by atoms with Crippen molar-refractivity contribution in [1.82, 2.24) is 9.78 Å². The second-order valence-electron chi connectivity index (χ2n) is 3.72. The molecule has 0 bridgehead atoms. The summed E-state index contributed by atoms with van der Waals surface area (Å²) in [6.45, 7) is 1.54. The lowest BCUT2D eigenvalue weighted by atomic mass is 10.3. The van der Waals surface area contributed by atoms with Crippen molar-refractivity contribution in [2.75, 3.05) is 0 Å². The van der Waals surface area contributed by atoms with Gasteiger partial charge in [-0.3, -0.25) is 10.1 Å². The Morgan fingerprint density at radius 3 is 2.39 bits per heavy atom. The molecule has 18 heavy (non-hydrogen) atoms. The van der Waals surface area contributed by atoms with Crippen LogP contribution in [0.4, 0.5) is 14.5 Å². The summed E-state index contributed by atoms with van der Waals surface area (Å²) in [4.78, 5) is 9.96. The monoisotopic (exact) mass is 253 g/mol. The highest BCUT2D eigenvalue weighted by Crippen LogP contribution is 2.22. The van der Waals surface area contributed by atoms with Crippen LogP contribution in [0, 0.1) is 17.0 Å². The van der Waals surface area contributed by atoms with E-state index in [9.17, 15) is 18.9 Å². The summed E-state index contributed by atoms with van der Waals surface area (Å²) in [5.41, 5.74) is 0.531. The molecule has 2 rings (SSSR count). The second-order valence-corrected chi connectivity index (χ2v) is 3.72. The Balaban J connectivity index is 2.37. The summed E-state index contributed by atoms with van der Waals surface area (Å²) in [5.74, 6) is 0. The number of aryl methyl sites for hydroxylation is 1. The molecular weight excluding hydrogens is 244 g/mol. The van der Waals surface area contributed by atoms with Crippen molar-refractivity contribution < 1.29 is 13.7 Å². The Bertz CT molecular complexity index is 578. The van der Waals surface area contributed by atoms with E-state index in [2.05, 4.69) is 5.10 Å². The lowest BCUT2D eigenvalue weighted by Gasteiger charge is -2.00. The first kappa shape index (κ1) is 12.2. The van der Waals surface area contributed by atoms with Gasteiger partial charge in [-0.05, 0) is 24.6 Å². The molecule has 0 N–H and O–H groups in total. The highest BCUT2D eigenvalue weighted by molar-refractivity contribution is 5.41. The van der Waals surface area contributed by atoms with Crippen LogP contribution < -0.4 is 0 Å². The maximum atomic E-state index is 12.6. The first-order valence-corrected chi connectivity index (χ1v) is 5.08. The van der Waals surface area contributed by atoms with Gasteiger partial charge in [0.1, 0.15) is 5.69 Å². The number of aromatic nitrogens is 2. The van der Waals surface area contributed by atoms with Crippen LogP contribution in [0.15, 0.2) is 30.5 Å². The molecule has 1 aromatic carbocycles. The molecule has 0 radical (unpaired) electrons. The standard InChI is InChI=1S/C11H9F2N3O2/c1-7-6-15(14-10(7)11(12)13)8-2-4-9(5-3-8)16(17)18/h2-6,11H,1H3. The predicted octanol–water partition coefficient (Wildman–Crippen LogP) is 3.03. The first-order chi connectivity index (χ1) is 8.49. The molecule has 0 aliphatic carbocycles. The number of nitro benzene ring substituents is 1. The third-order valence-electron chi connectivity index (χ3n) is 2.47. The van der Waals surface area contributed by atoms with Crippen molar-refractivity contribution in [3.63, 3.8) is 0 Å². The Hall–Kier alpha value is -2.31. The highest BCUT2D eigenvalue weighted by Gasteiger charge is 2.16.